The van der Waals surface area contributed by atoms with Crippen LogP contribution in [0.3, 0.4) is 0 Å². The van der Waals surface area contributed by atoms with Crippen molar-refractivity contribution in [3.05, 3.63) is 21.9 Å². The summed E-state index contributed by atoms with van der Waals surface area (Å²) in [5, 5.41) is 8.28. The summed E-state index contributed by atoms with van der Waals surface area (Å²) in [6.45, 7) is 4.18. The lowest BCUT2D eigenvalue weighted by atomic mass is 9.78. The maximum atomic E-state index is 6.16. The van der Waals surface area contributed by atoms with E-state index in [1.165, 1.54) is 56.1 Å². The normalized spacial score (nSPS) is 26.7. The van der Waals surface area contributed by atoms with Crippen molar-refractivity contribution < 1.29 is 4.74 Å². The first-order valence-corrected chi connectivity index (χ1v) is 8.61. The van der Waals surface area contributed by atoms with Gasteiger partial charge in [0.2, 0.25) is 0 Å². The summed E-state index contributed by atoms with van der Waals surface area (Å²) in [6.07, 6.45) is 9.07. The van der Waals surface area contributed by atoms with E-state index in [0.29, 0.717) is 6.04 Å². The summed E-state index contributed by atoms with van der Waals surface area (Å²) >= 11 is 1.81. The summed E-state index contributed by atoms with van der Waals surface area (Å²) in [5.74, 6) is 0. The van der Waals surface area contributed by atoms with Crippen LogP contribution in [0.5, 0.6) is 0 Å². The lowest BCUT2D eigenvalue weighted by molar-refractivity contribution is -0.109. The number of aryl methyl sites for hydroxylation is 1. The van der Waals surface area contributed by atoms with E-state index < -0.39 is 0 Å². The molecule has 3 rings (SSSR count). The molecule has 1 saturated heterocycles. The van der Waals surface area contributed by atoms with Crippen molar-refractivity contribution in [2.24, 2.45) is 0 Å². The topological polar surface area (TPSA) is 21.3 Å². The fourth-order valence-electron chi connectivity index (χ4n) is 3.57. The molecule has 0 bridgehead atoms. The summed E-state index contributed by atoms with van der Waals surface area (Å²) in [7, 11) is 0. The van der Waals surface area contributed by atoms with Gasteiger partial charge in [-0.15, -0.1) is 0 Å². The third-order valence-electron chi connectivity index (χ3n) is 4.80. The van der Waals surface area contributed by atoms with Crippen molar-refractivity contribution in [1.29, 1.82) is 0 Å². The van der Waals surface area contributed by atoms with Gasteiger partial charge < -0.3 is 10.1 Å². The molecule has 2 heterocycles. The van der Waals surface area contributed by atoms with Gasteiger partial charge in [0.05, 0.1) is 5.60 Å². The van der Waals surface area contributed by atoms with Crippen LogP contribution in [-0.2, 0) is 11.3 Å². The second-order valence-electron chi connectivity index (χ2n) is 6.24. The lowest BCUT2D eigenvalue weighted by Crippen LogP contribution is -2.47. The maximum absolute atomic E-state index is 6.16. The van der Waals surface area contributed by atoms with Crippen LogP contribution in [0.1, 0.15) is 56.1 Å². The Morgan fingerprint density at radius 3 is 2.89 bits per heavy atom. The highest BCUT2D eigenvalue weighted by atomic mass is 32.1. The fourth-order valence-corrected chi connectivity index (χ4v) is 4.43. The van der Waals surface area contributed by atoms with Crippen LogP contribution in [0, 0.1) is 6.92 Å². The van der Waals surface area contributed by atoms with Gasteiger partial charge in [-0.25, -0.2) is 0 Å². The van der Waals surface area contributed by atoms with Crippen LogP contribution in [0.4, 0.5) is 0 Å². The van der Waals surface area contributed by atoms with Crippen LogP contribution in [0.25, 0.3) is 0 Å². The first-order valence-electron chi connectivity index (χ1n) is 7.66. The highest BCUT2D eigenvalue weighted by Gasteiger charge is 2.38. The van der Waals surface area contributed by atoms with Gasteiger partial charge in [-0.3, -0.25) is 0 Å². The largest absolute Gasteiger partial charge is 0.375 e. The molecule has 1 aliphatic heterocycles. The third kappa shape index (κ3) is 3.21. The van der Waals surface area contributed by atoms with Crippen molar-refractivity contribution >= 4 is 11.3 Å². The Kier molecular flexibility index (Phi) is 4.25. The number of rotatable bonds is 3. The molecule has 3 heteroatoms. The smallest absolute Gasteiger partial charge is 0.0697 e. The Labute approximate surface area is 120 Å². The summed E-state index contributed by atoms with van der Waals surface area (Å²) < 4.78 is 6.16. The molecule has 0 amide bonds. The van der Waals surface area contributed by atoms with E-state index in [0.717, 1.165) is 13.2 Å². The predicted octanol–water partition coefficient (Wildman–Crippen LogP) is 4.03. The van der Waals surface area contributed by atoms with Crippen LogP contribution in [-0.4, -0.2) is 18.2 Å². The lowest BCUT2D eigenvalue weighted by Gasteiger charge is -2.43. The van der Waals surface area contributed by atoms with E-state index in [1.807, 2.05) is 11.3 Å². The standard InChI is InChI=1S/C16H25NOS/c1-13-11-19-12-14(13)10-17-15-5-8-18-16(9-15)6-3-2-4-7-16/h11-12,15,17H,2-10H2,1H3. The summed E-state index contributed by atoms with van der Waals surface area (Å²) in [4.78, 5) is 0. The van der Waals surface area contributed by atoms with Gasteiger partial charge >= 0.3 is 0 Å². The van der Waals surface area contributed by atoms with Crippen LogP contribution >= 0.6 is 11.3 Å². The van der Waals surface area contributed by atoms with Crippen LogP contribution in [0.2, 0.25) is 0 Å². The molecule has 1 aromatic rings. The Morgan fingerprint density at radius 2 is 2.16 bits per heavy atom. The molecule has 1 saturated carbocycles. The van der Waals surface area contributed by atoms with E-state index in [2.05, 4.69) is 23.0 Å². The van der Waals surface area contributed by atoms with Crippen molar-refractivity contribution in [2.75, 3.05) is 6.61 Å². The highest BCUT2D eigenvalue weighted by molar-refractivity contribution is 7.08. The highest BCUT2D eigenvalue weighted by Crippen LogP contribution is 2.38. The molecular formula is C16H25NOS. The van der Waals surface area contributed by atoms with E-state index in [-0.39, 0.29) is 5.60 Å². The number of hydrogen-bond donors (Lipinski definition) is 1. The Balaban J connectivity index is 1.55. The minimum absolute atomic E-state index is 0.220. The predicted molar refractivity (Wildman–Crippen MR) is 80.7 cm³/mol. The molecule has 1 N–H and O–H groups in total. The SMILES string of the molecule is Cc1cscc1CNC1CCOC2(CCCCC2)C1. The van der Waals surface area contributed by atoms with Crippen LogP contribution in [0.15, 0.2) is 10.8 Å². The summed E-state index contributed by atoms with van der Waals surface area (Å²) in [6, 6.07) is 0.645. The zero-order valence-electron chi connectivity index (χ0n) is 11.9. The quantitative estimate of drug-likeness (QED) is 0.902. The number of nitrogens with one attached hydrogen (secondary N) is 1. The second kappa shape index (κ2) is 5.94. The molecule has 0 aromatic carbocycles. The minimum Gasteiger partial charge on any atom is -0.375 e. The van der Waals surface area contributed by atoms with Crippen molar-refractivity contribution in [3.8, 4) is 0 Å². The summed E-state index contributed by atoms with van der Waals surface area (Å²) in [5.41, 5.74) is 3.11. The van der Waals surface area contributed by atoms with Gasteiger partial charge in [-0.1, -0.05) is 19.3 Å². The monoisotopic (exact) mass is 279 g/mol. The van der Waals surface area contributed by atoms with Gasteiger partial charge in [0.25, 0.3) is 0 Å². The van der Waals surface area contributed by atoms with E-state index in [4.69, 9.17) is 4.74 Å². The Bertz CT molecular complexity index is 403. The average molecular weight is 279 g/mol. The molecule has 1 spiro atoms. The van der Waals surface area contributed by atoms with Gasteiger partial charge in [0.1, 0.15) is 0 Å². The number of hydrogen-bond acceptors (Lipinski definition) is 3. The second-order valence-corrected chi connectivity index (χ2v) is 6.99. The van der Waals surface area contributed by atoms with E-state index in [9.17, 15) is 0 Å². The molecular weight excluding hydrogens is 254 g/mol. The van der Waals surface area contributed by atoms with Crippen LogP contribution < -0.4 is 5.32 Å². The molecule has 2 aliphatic rings. The molecule has 2 fully saturated rings. The average Bonchev–Trinajstić information content (AvgIpc) is 2.83. The molecule has 1 atom stereocenters. The zero-order chi connectivity index (χ0) is 13.1. The Hall–Kier alpha value is -0.380. The molecule has 1 unspecified atom stereocenters. The number of thiophene rings is 1. The first-order chi connectivity index (χ1) is 9.27. The zero-order valence-corrected chi connectivity index (χ0v) is 12.7. The van der Waals surface area contributed by atoms with Gasteiger partial charge in [-0.2, -0.15) is 11.3 Å². The van der Waals surface area contributed by atoms with Crippen molar-refractivity contribution in [2.45, 2.75) is 70.1 Å². The molecule has 1 aromatic heterocycles. The Morgan fingerprint density at radius 1 is 1.32 bits per heavy atom. The molecule has 106 valence electrons. The fraction of sp³-hybridized carbons (Fsp3) is 0.750. The van der Waals surface area contributed by atoms with E-state index in [1.54, 1.807) is 0 Å². The van der Waals surface area contributed by atoms with Crippen molar-refractivity contribution in [1.82, 2.24) is 5.32 Å². The molecule has 1 aliphatic carbocycles. The molecule has 2 nitrogen and oxygen atoms in total. The van der Waals surface area contributed by atoms with E-state index >= 15 is 0 Å². The van der Waals surface area contributed by atoms with Gasteiger partial charge in [0.15, 0.2) is 0 Å². The van der Waals surface area contributed by atoms with Crippen molar-refractivity contribution in [3.63, 3.8) is 0 Å². The van der Waals surface area contributed by atoms with Gasteiger partial charge in [0, 0.05) is 19.2 Å². The number of ether oxygens (including phenoxy) is 1. The first kappa shape index (κ1) is 13.6. The van der Waals surface area contributed by atoms with Gasteiger partial charge in [-0.05, 0) is 54.5 Å². The maximum Gasteiger partial charge on any atom is 0.0697 e. The molecule has 0 radical (unpaired) electrons. The minimum atomic E-state index is 0.220. The molecule has 19 heavy (non-hydrogen) atoms. The third-order valence-corrected chi connectivity index (χ3v) is 5.71.